The number of nitrogens with zero attached hydrogens (tertiary/aromatic N) is 5. The molecule has 6 rings (SSSR count). The number of aromatic nitrogens is 4. The molecular formula is C27H25N7O2. The number of piperidine rings is 1. The second kappa shape index (κ2) is 8.60. The molecule has 0 unspecified atom stereocenters. The summed E-state index contributed by atoms with van der Waals surface area (Å²) < 4.78 is 1.92. The van der Waals surface area contributed by atoms with Crippen LogP contribution in [0, 0.1) is 5.92 Å². The Kier molecular flexibility index (Phi) is 5.25. The van der Waals surface area contributed by atoms with Crippen LogP contribution in [0.1, 0.15) is 41.5 Å². The monoisotopic (exact) mass is 479 g/mol. The molecule has 3 N–H and O–H groups in total. The number of carbonyl (C=O) groups excluding carboxylic acids is 2. The number of benzene rings is 1. The number of nitrogens with two attached hydrogens (primary N) is 1. The molecule has 0 radical (unpaired) electrons. The van der Waals surface area contributed by atoms with E-state index in [1.807, 2.05) is 33.7 Å². The van der Waals surface area contributed by atoms with E-state index in [4.69, 9.17) is 10.7 Å². The Morgan fingerprint density at radius 1 is 1.08 bits per heavy atom. The topological polar surface area (TPSA) is 119 Å². The predicted molar refractivity (Wildman–Crippen MR) is 136 cm³/mol. The third-order valence-corrected chi connectivity index (χ3v) is 7.22. The Hall–Kier alpha value is -4.53. The summed E-state index contributed by atoms with van der Waals surface area (Å²) in [4.78, 5) is 41.6. The van der Waals surface area contributed by atoms with E-state index in [-0.39, 0.29) is 23.9 Å². The Morgan fingerprint density at radius 2 is 1.92 bits per heavy atom. The van der Waals surface area contributed by atoms with E-state index in [1.54, 1.807) is 36.7 Å². The lowest BCUT2D eigenvalue weighted by Gasteiger charge is -2.33. The molecule has 1 aromatic carbocycles. The molecule has 3 atom stereocenters. The summed E-state index contributed by atoms with van der Waals surface area (Å²) in [6.07, 6.45) is 9.39. The number of amides is 2. The highest BCUT2D eigenvalue weighted by Crippen LogP contribution is 2.50. The van der Waals surface area contributed by atoms with Gasteiger partial charge in [-0.15, -0.1) is 0 Å². The zero-order chi connectivity index (χ0) is 24.8. The van der Waals surface area contributed by atoms with E-state index in [0.717, 1.165) is 25.1 Å². The molecule has 2 aliphatic rings. The maximum Gasteiger partial charge on any atom is 0.257 e. The second-order valence-electron chi connectivity index (χ2n) is 9.19. The first-order chi connectivity index (χ1) is 17.6. The summed E-state index contributed by atoms with van der Waals surface area (Å²) in [6.45, 7) is 3.71. The molecular weight excluding hydrogens is 454 g/mol. The van der Waals surface area contributed by atoms with Gasteiger partial charge in [0.2, 0.25) is 5.91 Å². The average molecular weight is 480 g/mol. The first-order valence-corrected chi connectivity index (χ1v) is 12.0. The molecule has 1 saturated heterocycles. The van der Waals surface area contributed by atoms with Gasteiger partial charge in [-0.2, -0.15) is 0 Å². The van der Waals surface area contributed by atoms with E-state index in [0.29, 0.717) is 39.9 Å². The maximum atomic E-state index is 13.3. The average Bonchev–Trinajstić information content (AvgIpc) is 3.62. The van der Waals surface area contributed by atoms with E-state index < -0.39 is 0 Å². The Bertz CT molecular complexity index is 1500. The van der Waals surface area contributed by atoms with Crippen molar-refractivity contribution in [3.63, 3.8) is 0 Å². The smallest absolute Gasteiger partial charge is 0.257 e. The largest absolute Gasteiger partial charge is 0.382 e. The van der Waals surface area contributed by atoms with Gasteiger partial charge in [-0.25, -0.2) is 15.0 Å². The minimum absolute atomic E-state index is 0.0948. The predicted octanol–water partition coefficient (Wildman–Crippen LogP) is 3.86. The highest BCUT2D eigenvalue weighted by atomic mass is 16.2. The number of nitrogen functional groups attached to an aromatic ring is 1. The number of nitrogens with one attached hydrogen (secondary N) is 1. The molecule has 2 amide bonds. The van der Waals surface area contributed by atoms with Crippen molar-refractivity contribution < 1.29 is 9.59 Å². The van der Waals surface area contributed by atoms with Crippen LogP contribution < -0.4 is 11.1 Å². The van der Waals surface area contributed by atoms with Crippen LogP contribution in [-0.2, 0) is 4.79 Å². The van der Waals surface area contributed by atoms with Gasteiger partial charge < -0.3 is 16.0 Å². The summed E-state index contributed by atoms with van der Waals surface area (Å²) in [5.41, 5.74) is 8.60. The van der Waals surface area contributed by atoms with Crippen LogP contribution in [0.25, 0.3) is 16.8 Å². The number of rotatable bonds is 5. The lowest BCUT2D eigenvalue weighted by atomic mass is 9.97. The molecule has 9 nitrogen and oxygen atoms in total. The van der Waals surface area contributed by atoms with Gasteiger partial charge in [-0.3, -0.25) is 14.0 Å². The fraction of sp³-hybridized carbons (Fsp3) is 0.222. The van der Waals surface area contributed by atoms with Crippen LogP contribution in [-0.4, -0.2) is 42.1 Å². The van der Waals surface area contributed by atoms with Crippen molar-refractivity contribution in [3.05, 3.63) is 85.1 Å². The molecule has 1 aliphatic heterocycles. The minimum Gasteiger partial charge on any atom is -0.382 e. The van der Waals surface area contributed by atoms with Gasteiger partial charge in [0.25, 0.3) is 5.91 Å². The van der Waals surface area contributed by atoms with Crippen molar-refractivity contribution in [1.82, 2.24) is 24.3 Å². The van der Waals surface area contributed by atoms with Crippen molar-refractivity contribution in [2.75, 3.05) is 11.1 Å². The van der Waals surface area contributed by atoms with Gasteiger partial charge in [-0.1, -0.05) is 30.8 Å². The maximum absolute atomic E-state index is 13.3. The summed E-state index contributed by atoms with van der Waals surface area (Å²) >= 11 is 0. The highest BCUT2D eigenvalue weighted by molar-refractivity contribution is 6.09. The van der Waals surface area contributed by atoms with Gasteiger partial charge in [-0.05, 0) is 49.5 Å². The Labute approximate surface area is 207 Å². The van der Waals surface area contributed by atoms with E-state index in [2.05, 4.69) is 21.9 Å². The van der Waals surface area contributed by atoms with Gasteiger partial charge in [0, 0.05) is 35.8 Å². The van der Waals surface area contributed by atoms with Crippen LogP contribution in [0.4, 0.5) is 11.6 Å². The van der Waals surface area contributed by atoms with Crippen molar-refractivity contribution >= 4 is 29.0 Å². The van der Waals surface area contributed by atoms with Crippen molar-refractivity contribution in [1.29, 1.82) is 0 Å². The van der Waals surface area contributed by atoms with Crippen LogP contribution in [0.5, 0.6) is 0 Å². The molecule has 2 fully saturated rings. The van der Waals surface area contributed by atoms with Crippen LogP contribution in [0.3, 0.4) is 0 Å². The van der Waals surface area contributed by atoms with Crippen molar-refractivity contribution in [2.24, 2.45) is 5.92 Å². The third-order valence-electron chi connectivity index (χ3n) is 7.22. The SMILES string of the molecule is C=CC(=O)N1[C@@H]2CC[C@@H](C2)[C@H]1c1nc(-c2ccccc2C(=O)Nc2ccccn2)c2c(N)nccn12. The van der Waals surface area contributed by atoms with Gasteiger partial charge in [0.1, 0.15) is 28.7 Å². The Balaban J connectivity index is 1.50. The van der Waals surface area contributed by atoms with Gasteiger partial charge in [0.15, 0.2) is 0 Å². The lowest BCUT2D eigenvalue weighted by molar-refractivity contribution is -0.130. The minimum atomic E-state index is -0.308. The third kappa shape index (κ3) is 3.43. The number of hydrogen-bond acceptors (Lipinski definition) is 6. The first-order valence-electron chi connectivity index (χ1n) is 12.0. The number of anilines is 2. The molecule has 3 aromatic heterocycles. The zero-order valence-corrected chi connectivity index (χ0v) is 19.5. The molecule has 1 aliphatic carbocycles. The molecule has 180 valence electrons. The molecule has 2 bridgehead atoms. The summed E-state index contributed by atoms with van der Waals surface area (Å²) in [5, 5.41) is 2.85. The fourth-order valence-electron chi connectivity index (χ4n) is 5.73. The number of hydrogen-bond donors (Lipinski definition) is 2. The van der Waals surface area contributed by atoms with Crippen molar-refractivity contribution in [3.8, 4) is 11.3 Å². The number of likely N-dealkylation sites (tertiary alicyclic amines) is 1. The standard InChI is InChI=1S/C27H25N7O2/c1-2-21(35)34-17-11-10-16(15-17)23(34)26-32-22(24-25(28)30-13-14-33(24)26)18-7-3-4-8-19(18)27(36)31-20-9-5-6-12-29-20/h2-9,12-14,16-17,23H,1,10-11,15H2,(H2,28,30)(H,29,31,36)/t16-,17+,23-/m0/s1. The molecule has 4 aromatic rings. The molecule has 36 heavy (non-hydrogen) atoms. The van der Waals surface area contributed by atoms with Crippen LogP contribution in [0.2, 0.25) is 0 Å². The van der Waals surface area contributed by atoms with Crippen LogP contribution in [0.15, 0.2) is 73.7 Å². The summed E-state index contributed by atoms with van der Waals surface area (Å²) in [5.74, 6) is 1.37. The highest BCUT2D eigenvalue weighted by Gasteiger charge is 2.50. The Morgan fingerprint density at radius 3 is 2.72 bits per heavy atom. The quantitative estimate of drug-likeness (QED) is 0.420. The second-order valence-corrected chi connectivity index (χ2v) is 9.19. The van der Waals surface area contributed by atoms with Gasteiger partial charge >= 0.3 is 0 Å². The number of carbonyl (C=O) groups is 2. The zero-order valence-electron chi connectivity index (χ0n) is 19.5. The fourth-order valence-corrected chi connectivity index (χ4v) is 5.73. The summed E-state index contributed by atoms with van der Waals surface area (Å²) in [7, 11) is 0. The molecule has 9 heteroatoms. The lowest BCUT2D eigenvalue weighted by Crippen LogP contribution is -2.39. The van der Waals surface area contributed by atoms with Gasteiger partial charge in [0.05, 0.1) is 6.04 Å². The first kappa shape index (κ1) is 22.0. The van der Waals surface area contributed by atoms with Crippen LogP contribution >= 0.6 is 0 Å². The number of pyridine rings is 1. The van der Waals surface area contributed by atoms with Crippen molar-refractivity contribution in [2.45, 2.75) is 31.3 Å². The normalized spacial score (nSPS) is 20.6. The number of fused-ring (bicyclic) bond motifs is 3. The van der Waals surface area contributed by atoms with E-state index >= 15 is 0 Å². The molecule has 4 heterocycles. The summed E-state index contributed by atoms with van der Waals surface area (Å²) in [6, 6.07) is 12.6. The van der Waals surface area contributed by atoms with E-state index in [9.17, 15) is 9.59 Å². The number of imidazole rings is 1. The molecule has 0 spiro atoms. The molecule has 1 saturated carbocycles. The van der Waals surface area contributed by atoms with E-state index in [1.165, 1.54) is 6.08 Å².